The zero-order chi connectivity index (χ0) is 17.4. The van der Waals surface area contributed by atoms with Crippen LogP contribution in [0.5, 0.6) is 0 Å². The second-order valence-electron chi connectivity index (χ2n) is 6.42. The highest BCUT2D eigenvalue weighted by Crippen LogP contribution is 2.15. The standard InChI is InChI=1S/C18H32N6.HI/c1-5-19-18(22-14-16-8-7-11-24(16)6-2)21-13-15-9-10-20-17(12-15)23(3)4;/h9-10,12,16H,5-8,11,13-14H2,1-4H3,(H2,19,21,22);1H. The van der Waals surface area contributed by atoms with Crippen LogP contribution in [0, 0.1) is 0 Å². The Kier molecular flexibility index (Phi) is 10.1. The highest BCUT2D eigenvalue weighted by Gasteiger charge is 2.22. The molecule has 1 saturated heterocycles. The van der Waals surface area contributed by atoms with Crippen LogP contribution < -0.4 is 15.5 Å². The molecule has 7 heteroatoms. The van der Waals surface area contributed by atoms with E-state index in [-0.39, 0.29) is 24.0 Å². The monoisotopic (exact) mass is 460 g/mol. The van der Waals surface area contributed by atoms with Crippen LogP contribution in [-0.4, -0.2) is 62.2 Å². The van der Waals surface area contributed by atoms with Crippen LogP contribution in [0.25, 0.3) is 0 Å². The highest BCUT2D eigenvalue weighted by atomic mass is 127. The Bertz CT molecular complexity index is 534. The molecule has 0 aromatic carbocycles. The zero-order valence-electron chi connectivity index (χ0n) is 16.0. The molecule has 0 amide bonds. The predicted octanol–water partition coefficient (Wildman–Crippen LogP) is 2.31. The summed E-state index contributed by atoms with van der Waals surface area (Å²) in [6.07, 6.45) is 4.42. The van der Waals surface area contributed by atoms with Crippen molar-refractivity contribution in [3.05, 3.63) is 23.9 Å². The second-order valence-corrected chi connectivity index (χ2v) is 6.42. The van der Waals surface area contributed by atoms with Gasteiger partial charge in [-0.15, -0.1) is 24.0 Å². The summed E-state index contributed by atoms with van der Waals surface area (Å²) in [6, 6.07) is 4.73. The molecule has 0 spiro atoms. The van der Waals surface area contributed by atoms with Gasteiger partial charge in [-0.1, -0.05) is 6.92 Å². The van der Waals surface area contributed by atoms with E-state index in [1.165, 1.54) is 24.9 Å². The predicted molar refractivity (Wildman–Crippen MR) is 117 cm³/mol. The number of aromatic nitrogens is 1. The van der Waals surface area contributed by atoms with Crippen LogP contribution >= 0.6 is 24.0 Å². The number of likely N-dealkylation sites (N-methyl/N-ethyl adjacent to an activating group) is 1. The van der Waals surface area contributed by atoms with Gasteiger partial charge in [0.15, 0.2) is 5.96 Å². The van der Waals surface area contributed by atoms with Crippen molar-refractivity contribution in [2.24, 2.45) is 4.99 Å². The Morgan fingerprint density at radius 3 is 2.84 bits per heavy atom. The second kappa shape index (κ2) is 11.5. The quantitative estimate of drug-likeness (QED) is 0.372. The fraction of sp³-hybridized carbons (Fsp3) is 0.667. The molecule has 2 heterocycles. The van der Waals surface area contributed by atoms with Gasteiger partial charge in [-0.25, -0.2) is 9.98 Å². The number of hydrogen-bond acceptors (Lipinski definition) is 4. The first-order valence-electron chi connectivity index (χ1n) is 9.02. The minimum Gasteiger partial charge on any atom is -0.363 e. The summed E-state index contributed by atoms with van der Waals surface area (Å²) in [7, 11) is 4.00. The van der Waals surface area contributed by atoms with E-state index in [2.05, 4.69) is 40.4 Å². The molecule has 1 unspecified atom stereocenters. The summed E-state index contributed by atoms with van der Waals surface area (Å²) in [6.45, 7) is 9.17. The number of aliphatic imine (C=N–C) groups is 1. The van der Waals surface area contributed by atoms with Gasteiger partial charge in [0.25, 0.3) is 0 Å². The molecule has 0 aliphatic carbocycles. The van der Waals surface area contributed by atoms with Crippen LogP contribution in [0.15, 0.2) is 23.3 Å². The maximum atomic E-state index is 4.73. The maximum absolute atomic E-state index is 4.73. The number of likely N-dealkylation sites (tertiary alicyclic amines) is 1. The summed E-state index contributed by atoms with van der Waals surface area (Å²) >= 11 is 0. The van der Waals surface area contributed by atoms with E-state index >= 15 is 0 Å². The third-order valence-electron chi connectivity index (χ3n) is 4.44. The van der Waals surface area contributed by atoms with Gasteiger partial charge in [-0.05, 0) is 50.6 Å². The average Bonchev–Trinajstić information content (AvgIpc) is 3.05. The summed E-state index contributed by atoms with van der Waals surface area (Å²) in [5.74, 6) is 1.86. The molecule has 1 aliphatic rings. The number of guanidine groups is 1. The number of rotatable bonds is 7. The van der Waals surface area contributed by atoms with Gasteiger partial charge >= 0.3 is 0 Å². The van der Waals surface area contributed by atoms with Crippen LogP contribution in [0.3, 0.4) is 0 Å². The van der Waals surface area contributed by atoms with E-state index in [4.69, 9.17) is 4.99 Å². The first-order chi connectivity index (χ1) is 11.6. The normalized spacial score (nSPS) is 17.9. The fourth-order valence-electron chi connectivity index (χ4n) is 3.07. The molecular formula is C18H33IN6. The lowest BCUT2D eigenvalue weighted by atomic mass is 10.2. The largest absolute Gasteiger partial charge is 0.363 e. The van der Waals surface area contributed by atoms with Crippen molar-refractivity contribution < 1.29 is 0 Å². The molecule has 0 radical (unpaired) electrons. The number of pyridine rings is 1. The molecule has 6 nitrogen and oxygen atoms in total. The topological polar surface area (TPSA) is 55.8 Å². The molecular weight excluding hydrogens is 427 g/mol. The molecule has 142 valence electrons. The SMILES string of the molecule is CCNC(=NCc1ccnc(N(C)C)c1)NCC1CCCN1CC.I. The van der Waals surface area contributed by atoms with Gasteiger partial charge in [-0.3, -0.25) is 4.90 Å². The minimum absolute atomic E-state index is 0. The smallest absolute Gasteiger partial charge is 0.191 e. The van der Waals surface area contributed by atoms with E-state index in [1.807, 2.05) is 31.3 Å². The van der Waals surface area contributed by atoms with Crippen molar-refractivity contribution in [3.8, 4) is 0 Å². The van der Waals surface area contributed by atoms with Crippen LogP contribution in [0.2, 0.25) is 0 Å². The average molecular weight is 460 g/mol. The van der Waals surface area contributed by atoms with Crippen molar-refractivity contribution in [2.45, 2.75) is 39.3 Å². The van der Waals surface area contributed by atoms with Crippen molar-refractivity contribution in [1.29, 1.82) is 0 Å². The lowest BCUT2D eigenvalue weighted by Gasteiger charge is -2.24. The van der Waals surface area contributed by atoms with Gasteiger partial charge in [0, 0.05) is 39.4 Å². The van der Waals surface area contributed by atoms with Gasteiger partial charge in [0.1, 0.15) is 5.82 Å². The molecule has 1 aliphatic heterocycles. The first-order valence-corrected chi connectivity index (χ1v) is 9.02. The Balaban J connectivity index is 0.00000312. The van der Waals surface area contributed by atoms with Crippen LogP contribution in [-0.2, 0) is 6.54 Å². The van der Waals surface area contributed by atoms with Crippen LogP contribution in [0.4, 0.5) is 5.82 Å². The Morgan fingerprint density at radius 2 is 2.16 bits per heavy atom. The summed E-state index contributed by atoms with van der Waals surface area (Å²) < 4.78 is 0. The summed E-state index contributed by atoms with van der Waals surface area (Å²) in [4.78, 5) is 13.6. The molecule has 25 heavy (non-hydrogen) atoms. The van der Waals surface area contributed by atoms with E-state index in [0.29, 0.717) is 12.6 Å². The number of anilines is 1. The molecule has 1 aromatic heterocycles. The lowest BCUT2D eigenvalue weighted by Crippen LogP contribution is -2.44. The van der Waals surface area contributed by atoms with Crippen molar-refractivity contribution in [1.82, 2.24) is 20.5 Å². The van der Waals surface area contributed by atoms with E-state index in [9.17, 15) is 0 Å². The lowest BCUT2D eigenvalue weighted by molar-refractivity contribution is 0.267. The summed E-state index contributed by atoms with van der Waals surface area (Å²) in [5.41, 5.74) is 1.17. The molecule has 1 atom stereocenters. The van der Waals surface area contributed by atoms with Crippen LogP contribution in [0.1, 0.15) is 32.3 Å². The van der Waals surface area contributed by atoms with Gasteiger partial charge in [-0.2, -0.15) is 0 Å². The number of nitrogens with zero attached hydrogens (tertiary/aromatic N) is 4. The highest BCUT2D eigenvalue weighted by molar-refractivity contribution is 14.0. The number of nitrogens with one attached hydrogen (secondary N) is 2. The number of hydrogen-bond donors (Lipinski definition) is 2. The maximum Gasteiger partial charge on any atom is 0.191 e. The Morgan fingerprint density at radius 1 is 1.36 bits per heavy atom. The zero-order valence-corrected chi connectivity index (χ0v) is 18.3. The summed E-state index contributed by atoms with van der Waals surface area (Å²) in [5, 5.41) is 6.85. The first kappa shape index (κ1) is 22.0. The van der Waals surface area contributed by atoms with E-state index in [1.54, 1.807) is 0 Å². The van der Waals surface area contributed by atoms with Gasteiger partial charge < -0.3 is 15.5 Å². The molecule has 1 fully saturated rings. The van der Waals surface area contributed by atoms with Crippen molar-refractivity contribution in [2.75, 3.05) is 45.2 Å². The molecule has 0 bridgehead atoms. The third-order valence-corrected chi connectivity index (χ3v) is 4.44. The molecule has 1 aromatic rings. The Hall–Kier alpha value is -1.09. The minimum atomic E-state index is 0. The van der Waals surface area contributed by atoms with Gasteiger partial charge in [0.2, 0.25) is 0 Å². The fourth-order valence-corrected chi connectivity index (χ4v) is 3.07. The van der Waals surface area contributed by atoms with Crippen molar-refractivity contribution >= 4 is 35.8 Å². The Labute approximate surface area is 169 Å². The van der Waals surface area contributed by atoms with E-state index in [0.717, 1.165) is 31.4 Å². The van der Waals surface area contributed by atoms with Gasteiger partial charge in [0.05, 0.1) is 6.54 Å². The van der Waals surface area contributed by atoms with E-state index < -0.39 is 0 Å². The number of halogens is 1. The molecule has 0 saturated carbocycles. The molecule has 2 rings (SSSR count). The third kappa shape index (κ3) is 6.97. The van der Waals surface area contributed by atoms with Crippen molar-refractivity contribution in [3.63, 3.8) is 0 Å². The molecule has 2 N–H and O–H groups in total.